The van der Waals surface area contributed by atoms with E-state index in [1.54, 1.807) is 12.4 Å². The predicted octanol–water partition coefficient (Wildman–Crippen LogP) is 3.47. The molecule has 0 bridgehead atoms. The van der Waals surface area contributed by atoms with Crippen LogP contribution in [-0.4, -0.2) is 15.9 Å². The molecule has 0 unspecified atom stereocenters. The standard InChI is InChI=1S/C20H21N3O2/c1-3-15-4-6-17(7-5-15)20-23-18(14(2)25-20)12-19(24)22-13-16-8-10-21-11-9-16/h4-11H,3,12-13H2,1-2H3,(H,22,24). The third-order valence-corrected chi connectivity index (χ3v) is 4.07. The lowest BCUT2D eigenvalue weighted by Crippen LogP contribution is -2.24. The maximum atomic E-state index is 12.2. The highest BCUT2D eigenvalue weighted by atomic mass is 16.4. The number of hydrogen-bond donors (Lipinski definition) is 1. The molecule has 2 heterocycles. The first-order valence-corrected chi connectivity index (χ1v) is 8.37. The van der Waals surface area contributed by atoms with Gasteiger partial charge in [-0.2, -0.15) is 0 Å². The van der Waals surface area contributed by atoms with Crippen LogP contribution in [0.25, 0.3) is 11.5 Å². The van der Waals surface area contributed by atoms with Gasteiger partial charge in [0.1, 0.15) is 5.76 Å². The lowest BCUT2D eigenvalue weighted by atomic mass is 10.1. The second-order valence-electron chi connectivity index (χ2n) is 5.88. The summed E-state index contributed by atoms with van der Waals surface area (Å²) in [5.74, 6) is 1.15. The largest absolute Gasteiger partial charge is 0.441 e. The molecule has 0 spiro atoms. The molecule has 25 heavy (non-hydrogen) atoms. The molecule has 0 aliphatic carbocycles. The zero-order valence-corrected chi connectivity index (χ0v) is 14.5. The van der Waals surface area contributed by atoms with Crippen LogP contribution < -0.4 is 5.32 Å². The van der Waals surface area contributed by atoms with Crippen molar-refractivity contribution in [2.75, 3.05) is 0 Å². The van der Waals surface area contributed by atoms with E-state index in [0.29, 0.717) is 23.9 Å². The van der Waals surface area contributed by atoms with Crippen LogP contribution in [0.4, 0.5) is 0 Å². The number of nitrogens with zero attached hydrogens (tertiary/aromatic N) is 2. The van der Waals surface area contributed by atoms with Crippen molar-refractivity contribution in [1.29, 1.82) is 0 Å². The van der Waals surface area contributed by atoms with E-state index < -0.39 is 0 Å². The fraction of sp³-hybridized carbons (Fsp3) is 0.250. The van der Waals surface area contributed by atoms with Gasteiger partial charge in [0.2, 0.25) is 11.8 Å². The monoisotopic (exact) mass is 335 g/mol. The number of amides is 1. The fourth-order valence-corrected chi connectivity index (χ4v) is 2.51. The summed E-state index contributed by atoms with van der Waals surface area (Å²) in [5, 5.41) is 2.89. The highest BCUT2D eigenvalue weighted by molar-refractivity contribution is 5.78. The Kier molecular flexibility index (Phi) is 5.23. The molecule has 1 aromatic carbocycles. The maximum absolute atomic E-state index is 12.2. The molecule has 5 nitrogen and oxygen atoms in total. The van der Waals surface area contributed by atoms with Gasteiger partial charge in [-0.1, -0.05) is 19.1 Å². The first kappa shape index (κ1) is 16.9. The molecular formula is C20H21N3O2. The van der Waals surface area contributed by atoms with Gasteiger partial charge in [-0.25, -0.2) is 4.98 Å². The Labute approximate surface area is 147 Å². The first-order valence-electron chi connectivity index (χ1n) is 8.37. The summed E-state index contributed by atoms with van der Waals surface area (Å²) in [4.78, 5) is 20.6. The Morgan fingerprint density at radius 3 is 2.48 bits per heavy atom. The topological polar surface area (TPSA) is 68.0 Å². The lowest BCUT2D eigenvalue weighted by molar-refractivity contribution is -0.120. The fourth-order valence-electron chi connectivity index (χ4n) is 2.51. The Morgan fingerprint density at radius 2 is 1.80 bits per heavy atom. The van der Waals surface area contributed by atoms with Crippen molar-refractivity contribution in [3.05, 3.63) is 71.4 Å². The van der Waals surface area contributed by atoms with Gasteiger partial charge in [-0.15, -0.1) is 0 Å². The second kappa shape index (κ2) is 7.75. The molecule has 0 aliphatic heterocycles. The van der Waals surface area contributed by atoms with E-state index in [2.05, 4.69) is 34.3 Å². The van der Waals surface area contributed by atoms with Gasteiger partial charge < -0.3 is 9.73 Å². The smallest absolute Gasteiger partial charge is 0.226 e. The van der Waals surface area contributed by atoms with Gasteiger partial charge in [0.15, 0.2) is 0 Å². The molecule has 0 saturated heterocycles. The molecule has 5 heteroatoms. The SMILES string of the molecule is CCc1ccc(-c2nc(CC(=O)NCc3ccncc3)c(C)o2)cc1. The van der Waals surface area contributed by atoms with Crippen LogP contribution in [0.1, 0.15) is 29.5 Å². The summed E-state index contributed by atoms with van der Waals surface area (Å²) >= 11 is 0. The van der Waals surface area contributed by atoms with E-state index in [1.807, 2.05) is 31.2 Å². The summed E-state index contributed by atoms with van der Waals surface area (Å²) in [6.45, 7) is 4.43. The molecule has 0 saturated carbocycles. The number of oxazole rings is 1. The summed E-state index contributed by atoms with van der Waals surface area (Å²) in [6, 6.07) is 11.9. The summed E-state index contributed by atoms with van der Waals surface area (Å²) in [7, 11) is 0. The van der Waals surface area contributed by atoms with Crippen LogP contribution in [-0.2, 0) is 24.2 Å². The normalized spacial score (nSPS) is 10.6. The highest BCUT2D eigenvalue weighted by Gasteiger charge is 2.14. The zero-order chi connectivity index (χ0) is 17.6. The second-order valence-corrected chi connectivity index (χ2v) is 5.88. The van der Waals surface area contributed by atoms with Gasteiger partial charge in [0, 0.05) is 24.5 Å². The molecular weight excluding hydrogens is 314 g/mol. The Balaban J connectivity index is 1.64. The summed E-state index contributed by atoms with van der Waals surface area (Å²) in [6.07, 6.45) is 4.61. The molecule has 2 aromatic heterocycles. The number of rotatable bonds is 6. The third kappa shape index (κ3) is 4.32. The van der Waals surface area contributed by atoms with Crippen molar-refractivity contribution in [1.82, 2.24) is 15.3 Å². The number of aromatic nitrogens is 2. The number of benzene rings is 1. The van der Waals surface area contributed by atoms with E-state index in [4.69, 9.17) is 4.42 Å². The Bertz CT molecular complexity index is 839. The molecule has 1 amide bonds. The number of nitrogens with one attached hydrogen (secondary N) is 1. The van der Waals surface area contributed by atoms with E-state index in [-0.39, 0.29) is 12.3 Å². The summed E-state index contributed by atoms with van der Waals surface area (Å²) < 4.78 is 5.74. The Hall–Kier alpha value is -2.95. The molecule has 3 rings (SSSR count). The van der Waals surface area contributed by atoms with Crippen molar-refractivity contribution in [2.45, 2.75) is 33.2 Å². The number of hydrogen-bond acceptors (Lipinski definition) is 4. The third-order valence-electron chi connectivity index (χ3n) is 4.07. The molecule has 0 aliphatic rings. The molecule has 0 atom stereocenters. The average Bonchev–Trinajstić information content (AvgIpc) is 3.01. The van der Waals surface area contributed by atoms with Crippen molar-refractivity contribution in [2.24, 2.45) is 0 Å². The molecule has 0 fully saturated rings. The number of carbonyl (C=O) groups excluding carboxylic acids is 1. The van der Waals surface area contributed by atoms with Gasteiger partial charge in [-0.3, -0.25) is 9.78 Å². The lowest BCUT2D eigenvalue weighted by Gasteiger charge is -2.03. The van der Waals surface area contributed by atoms with Crippen LogP contribution in [0.15, 0.2) is 53.2 Å². The number of carbonyl (C=O) groups is 1. The van der Waals surface area contributed by atoms with Crippen LogP contribution in [0.3, 0.4) is 0 Å². The van der Waals surface area contributed by atoms with Crippen molar-refractivity contribution < 1.29 is 9.21 Å². The predicted molar refractivity (Wildman–Crippen MR) is 95.8 cm³/mol. The van der Waals surface area contributed by atoms with Gasteiger partial charge in [0.05, 0.1) is 12.1 Å². The molecule has 0 radical (unpaired) electrons. The quantitative estimate of drug-likeness (QED) is 0.749. The van der Waals surface area contributed by atoms with Crippen LogP contribution >= 0.6 is 0 Å². The highest BCUT2D eigenvalue weighted by Crippen LogP contribution is 2.22. The van der Waals surface area contributed by atoms with Gasteiger partial charge in [-0.05, 0) is 48.7 Å². The number of aryl methyl sites for hydroxylation is 2. The maximum Gasteiger partial charge on any atom is 0.226 e. The van der Waals surface area contributed by atoms with Crippen molar-refractivity contribution >= 4 is 5.91 Å². The molecule has 1 N–H and O–H groups in total. The minimum absolute atomic E-state index is 0.0823. The van der Waals surface area contributed by atoms with Crippen LogP contribution in [0, 0.1) is 6.92 Å². The molecule has 3 aromatic rings. The van der Waals surface area contributed by atoms with E-state index in [1.165, 1.54) is 5.56 Å². The zero-order valence-electron chi connectivity index (χ0n) is 14.5. The van der Waals surface area contributed by atoms with E-state index >= 15 is 0 Å². The number of pyridine rings is 1. The summed E-state index contributed by atoms with van der Waals surface area (Å²) in [5.41, 5.74) is 3.87. The minimum Gasteiger partial charge on any atom is -0.441 e. The van der Waals surface area contributed by atoms with Gasteiger partial charge in [0.25, 0.3) is 0 Å². The van der Waals surface area contributed by atoms with Gasteiger partial charge >= 0.3 is 0 Å². The minimum atomic E-state index is -0.0823. The van der Waals surface area contributed by atoms with Crippen molar-refractivity contribution in [3.8, 4) is 11.5 Å². The van der Waals surface area contributed by atoms with E-state index in [0.717, 1.165) is 17.5 Å². The van der Waals surface area contributed by atoms with Crippen molar-refractivity contribution in [3.63, 3.8) is 0 Å². The Morgan fingerprint density at radius 1 is 1.08 bits per heavy atom. The average molecular weight is 335 g/mol. The van der Waals surface area contributed by atoms with E-state index in [9.17, 15) is 4.79 Å². The molecule has 128 valence electrons. The van der Waals surface area contributed by atoms with Crippen LogP contribution in [0.5, 0.6) is 0 Å². The first-order chi connectivity index (χ1) is 12.2. The van der Waals surface area contributed by atoms with Crippen LogP contribution in [0.2, 0.25) is 0 Å².